The number of hydrogen-bond donors (Lipinski definition) is 0. The average Bonchev–Trinajstić information content (AvgIpc) is 2.41. The first-order chi connectivity index (χ1) is 8.18. The molecule has 2 bridgehead atoms. The van der Waals surface area contributed by atoms with Crippen molar-refractivity contribution in [2.24, 2.45) is 5.92 Å². The minimum absolute atomic E-state index is 0.265. The quantitative estimate of drug-likeness (QED) is 0.758. The van der Waals surface area contributed by atoms with Crippen molar-refractivity contribution in [3.63, 3.8) is 0 Å². The molecule has 0 aromatic rings. The second-order valence-corrected chi connectivity index (χ2v) is 7.23. The second kappa shape index (κ2) is 4.25. The molecular weight excluding hydrogens is 234 g/mol. The van der Waals surface area contributed by atoms with Gasteiger partial charge in [0, 0.05) is 12.6 Å². The summed E-state index contributed by atoms with van der Waals surface area (Å²) in [6.07, 6.45) is 12.0. The fraction of sp³-hybridized carbons (Fsp3) is 0.692. The van der Waals surface area contributed by atoms with Crippen molar-refractivity contribution in [2.75, 3.05) is 6.54 Å². The van der Waals surface area contributed by atoms with Crippen LogP contribution in [0.2, 0.25) is 0 Å². The van der Waals surface area contributed by atoms with E-state index < -0.39 is 10.0 Å². The van der Waals surface area contributed by atoms with Crippen molar-refractivity contribution in [3.8, 4) is 0 Å². The van der Waals surface area contributed by atoms with Crippen molar-refractivity contribution in [3.05, 3.63) is 23.1 Å². The maximum absolute atomic E-state index is 12.5. The Bertz CT molecular complexity index is 456. The van der Waals surface area contributed by atoms with Crippen molar-refractivity contribution in [2.45, 2.75) is 44.6 Å². The topological polar surface area (TPSA) is 37.4 Å². The zero-order valence-electron chi connectivity index (χ0n) is 10.0. The van der Waals surface area contributed by atoms with Crippen LogP contribution in [0.15, 0.2) is 23.1 Å². The van der Waals surface area contributed by atoms with Gasteiger partial charge < -0.3 is 0 Å². The van der Waals surface area contributed by atoms with E-state index in [9.17, 15) is 8.42 Å². The van der Waals surface area contributed by atoms with E-state index in [1.54, 1.807) is 10.4 Å². The first kappa shape index (κ1) is 11.5. The van der Waals surface area contributed by atoms with E-state index in [4.69, 9.17) is 0 Å². The summed E-state index contributed by atoms with van der Waals surface area (Å²) >= 11 is 0. The molecule has 0 aromatic carbocycles. The molecule has 0 spiro atoms. The third kappa shape index (κ3) is 1.97. The summed E-state index contributed by atoms with van der Waals surface area (Å²) in [7, 11) is -3.21. The Morgan fingerprint density at radius 2 is 1.88 bits per heavy atom. The van der Waals surface area contributed by atoms with Gasteiger partial charge in [-0.1, -0.05) is 12.2 Å². The van der Waals surface area contributed by atoms with Crippen LogP contribution in [0, 0.1) is 5.92 Å². The Balaban J connectivity index is 1.88. The van der Waals surface area contributed by atoms with E-state index in [1.165, 1.54) is 12.8 Å². The number of sulfonamides is 1. The fourth-order valence-corrected chi connectivity index (χ4v) is 5.11. The van der Waals surface area contributed by atoms with Crippen LogP contribution in [0.5, 0.6) is 0 Å². The predicted molar refractivity (Wildman–Crippen MR) is 67.8 cm³/mol. The molecular formula is C13H19NO2S. The normalized spacial score (nSPS) is 33.8. The second-order valence-electron chi connectivity index (χ2n) is 5.34. The summed E-state index contributed by atoms with van der Waals surface area (Å²) in [6, 6.07) is 0.265. The highest BCUT2D eigenvalue weighted by molar-refractivity contribution is 7.93. The predicted octanol–water partition coefficient (Wildman–Crippen LogP) is 2.42. The molecule has 4 aliphatic rings. The Hall–Kier alpha value is -0.610. The van der Waals surface area contributed by atoms with Gasteiger partial charge in [-0.2, -0.15) is 4.31 Å². The number of rotatable bonds is 2. The molecule has 3 nitrogen and oxygen atoms in total. The standard InChI is InChI=1S/C13H19NO2S/c15-17(16,13-4-2-1-3-5-13)14-10-11-6-8-12(14)9-7-11/h2,4-5,11-12H,1,3,6-10H2. The monoisotopic (exact) mass is 253 g/mol. The summed E-state index contributed by atoms with van der Waals surface area (Å²) in [5.41, 5.74) is 0. The molecule has 0 aromatic heterocycles. The summed E-state index contributed by atoms with van der Waals surface area (Å²) in [4.78, 5) is 0.524. The van der Waals surface area contributed by atoms with Gasteiger partial charge in [0.15, 0.2) is 0 Å². The van der Waals surface area contributed by atoms with Gasteiger partial charge in [0.05, 0.1) is 4.91 Å². The van der Waals surface area contributed by atoms with Gasteiger partial charge in [-0.05, 0) is 50.5 Å². The van der Waals surface area contributed by atoms with Crippen molar-refractivity contribution in [1.82, 2.24) is 4.31 Å². The largest absolute Gasteiger partial charge is 0.242 e. The zero-order valence-corrected chi connectivity index (χ0v) is 10.8. The number of nitrogens with zero attached hydrogens (tertiary/aromatic N) is 1. The maximum atomic E-state index is 12.5. The molecule has 1 saturated carbocycles. The molecule has 0 radical (unpaired) electrons. The minimum atomic E-state index is -3.21. The summed E-state index contributed by atoms with van der Waals surface area (Å²) in [5, 5.41) is 0. The van der Waals surface area contributed by atoms with E-state index >= 15 is 0 Å². The van der Waals surface area contributed by atoms with Gasteiger partial charge in [0.2, 0.25) is 10.0 Å². The maximum Gasteiger partial charge on any atom is 0.242 e. The van der Waals surface area contributed by atoms with Gasteiger partial charge >= 0.3 is 0 Å². The highest BCUT2D eigenvalue weighted by Gasteiger charge is 2.40. The van der Waals surface area contributed by atoms with Crippen LogP contribution in [0.1, 0.15) is 38.5 Å². The summed E-state index contributed by atoms with van der Waals surface area (Å²) in [5.74, 6) is 0.600. The highest BCUT2D eigenvalue weighted by atomic mass is 32.2. The van der Waals surface area contributed by atoms with Gasteiger partial charge in [-0.3, -0.25) is 0 Å². The van der Waals surface area contributed by atoms with Crippen LogP contribution in [0.3, 0.4) is 0 Å². The molecule has 2 aliphatic carbocycles. The Morgan fingerprint density at radius 3 is 2.41 bits per heavy atom. The van der Waals surface area contributed by atoms with Crippen LogP contribution in [0.4, 0.5) is 0 Å². The van der Waals surface area contributed by atoms with Crippen molar-refractivity contribution in [1.29, 1.82) is 0 Å². The SMILES string of the molecule is O=S(=O)(C1=CCCC=C1)N1CC2CCC1CC2. The van der Waals surface area contributed by atoms with Gasteiger partial charge in [0.1, 0.15) is 0 Å². The van der Waals surface area contributed by atoms with Gasteiger partial charge in [0.25, 0.3) is 0 Å². The lowest BCUT2D eigenvalue weighted by Gasteiger charge is -2.44. The smallest absolute Gasteiger partial charge is 0.207 e. The van der Waals surface area contributed by atoms with Gasteiger partial charge in [-0.15, -0.1) is 0 Å². The highest BCUT2D eigenvalue weighted by Crippen LogP contribution is 2.38. The lowest BCUT2D eigenvalue weighted by atomic mass is 9.82. The summed E-state index contributed by atoms with van der Waals surface area (Å²) < 4.78 is 26.8. The average molecular weight is 253 g/mol. The molecule has 0 N–H and O–H groups in total. The summed E-state index contributed by atoms with van der Waals surface area (Å²) in [6.45, 7) is 0.748. The van der Waals surface area contributed by atoms with Crippen LogP contribution in [-0.2, 0) is 10.0 Å². The van der Waals surface area contributed by atoms with E-state index in [2.05, 4.69) is 0 Å². The fourth-order valence-electron chi connectivity index (χ4n) is 3.23. The van der Waals surface area contributed by atoms with Crippen LogP contribution in [0.25, 0.3) is 0 Å². The van der Waals surface area contributed by atoms with Crippen LogP contribution < -0.4 is 0 Å². The van der Waals surface area contributed by atoms with E-state index in [-0.39, 0.29) is 6.04 Å². The minimum Gasteiger partial charge on any atom is -0.207 e. The molecule has 0 amide bonds. The molecule has 0 atom stereocenters. The number of allylic oxidation sites excluding steroid dienone is 3. The van der Waals surface area contributed by atoms with Crippen molar-refractivity contribution < 1.29 is 8.42 Å². The Kier molecular flexibility index (Phi) is 2.87. The Labute approximate surface area is 103 Å². The molecule has 94 valence electrons. The van der Waals surface area contributed by atoms with Gasteiger partial charge in [-0.25, -0.2) is 8.42 Å². The molecule has 2 aliphatic heterocycles. The zero-order chi connectivity index (χ0) is 11.9. The molecule has 3 fully saturated rings. The third-order valence-electron chi connectivity index (χ3n) is 4.23. The molecule has 2 heterocycles. The number of hydrogen-bond acceptors (Lipinski definition) is 2. The molecule has 0 unspecified atom stereocenters. The lowest BCUT2D eigenvalue weighted by Crippen LogP contribution is -2.50. The van der Waals surface area contributed by atoms with E-state index in [0.717, 1.165) is 32.2 Å². The van der Waals surface area contributed by atoms with Crippen LogP contribution in [-0.4, -0.2) is 25.3 Å². The first-order valence-electron chi connectivity index (χ1n) is 6.56. The molecule has 4 rings (SSSR count). The number of piperidine rings is 2. The van der Waals surface area contributed by atoms with E-state index in [0.29, 0.717) is 10.8 Å². The number of fused-ring (bicyclic) bond motifs is 3. The molecule has 2 saturated heterocycles. The van der Waals surface area contributed by atoms with Crippen molar-refractivity contribution >= 4 is 10.0 Å². The lowest BCUT2D eigenvalue weighted by molar-refractivity contribution is 0.121. The van der Waals surface area contributed by atoms with Crippen LogP contribution >= 0.6 is 0 Å². The Morgan fingerprint density at radius 1 is 1.12 bits per heavy atom. The molecule has 4 heteroatoms. The third-order valence-corrected chi connectivity index (χ3v) is 6.19. The molecule has 17 heavy (non-hydrogen) atoms. The van der Waals surface area contributed by atoms with E-state index in [1.807, 2.05) is 12.2 Å². The first-order valence-corrected chi connectivity index (χ1v) is 8.00.